The standard InChI is InChI=1S/C16H17ClFN/c1-10-4-3-5-14(16(10)17)15(19)9-12-6-7-13(18)8-11(12)2/h3-8,15H,9,19H2,1-2H3. The first-order chi connectivity index (χ1) is 8.99. The van der Waals surface area contributed by atoms with Crippen molar-refractivity contribution in [3.63, 3.8) is 0 Å². The molecule has 3 heteroatoms. The van der Waals surface area contributed by atoms with E-state index < -0.39 is 0 Å². The molecule has 19 heavy (non-hydrogen) atoms. The number of nitrogens with two attached hydrogens (primary N) is 1. The Kier molecular flexibility index (Phi) is 4.23. The van der Waals surface area contributed by atoms with E-state index in [1.165, 1.54) is 12.1 Å². The Morgan fingerprint density at radius 1 is 1.16 bits per heavy atom. The van der Waals surface area contributed by atoms with E-state index in [4.69, 9.17) is 17.3 Å². The fourth-order valence-corrected chi connectivity index (χ4v) is 2.46. The maximum atomic E-state index is 13.1. The third-order valence-corrected chi connectivity index (χ3v) is 3.88. The SMILES string of the molecule is Cc1cc(F)ccc1CC(N)c1cccc(C)c1Cl. The Bertz CT molecular complexity index is 595. The lowest BCUT2D eigenvalue weighted by Crippen LogP contribution is -2.15. The van der Waals surface area contributed by atoms with E-state index in [0.29, 0.717) is 6.42 Å². The van der Waals surface area contributed by atoms with Gasteiger partial charge in [0.25, 0.3) is 0 Å². The van der Waals surface area contributed by atoms with E-state index in [2.05, 4.69) is 0 Å². The summed E-state index contributed by atoms with van der Waals surface area (Å²) in [6.45, 7) is 3.85. The van der Waals surface area contributed by atoms with E-state index in [1.807, 2.05) is 32.0 Å². The molecule has 0 fully saturated rings. The van der Waals surface area contributed by atoms with Crippen molar-refractivity contribution in [2.24, 2.45) is 5.73 Å². The molecule has 0 spiro atoms. The fourth-order valence-electron chi connectivity index (χ4n) is 2.19. The van der Waals surface area contributed by atoms with Gasteiger partial charge in [-0.2, -0.15) is 0 Å². The van der Waals surface area contributed by atoms with Crippen LogP contribution in [0, 0.1) is 19.7 Å². The van der Waals surface area contributed by atoms with E-state index >= 15 is 0 Å². The van der Waals surface area contributed by atoms with Gasteiger partial charge in [-0.1, -0.05) is 35.9 Å². The van der Waals surface area contributed by atoms with E-state index in [9.17, 15) is 4.39 Å². The Balaban J connectivity index is 2.25. The highest BCUT2D eigenvalue weighted by Crippen LogP contribution is 2.27. The van der Waals surface area contributed by atoms with Crippen molar-refractivity contribution in [1.82, 2.24) is 0 Å². The molecule has 1 nitrogen and oxygen atoms in total. The van der Waals surface area contributed by atoms with Gasteiger partial charge in [0, 0.05) is 11.1 Å². The van der Waals surface area contributed by atoms with Crippen LogP contribution >= 0.6 is 11.6 Å². The van der Waals surface area contributed by atoms with Crippen molar-refractivity contribution >= 4 is 11.6 Å². The van der Waals surface area contributed by atoms with Gasteiger partial charge >= 0.3 is 0 Å². The van der Waals surface area contributed by atoms with E-state index in [0.717, 1.165) is 27.3 Å². The van der Waals surface area contributed by atoms with Gasteiger partial charge in [-0.05, 0) is 54.7 Å². The molecule has 0 aromatic heterocycles. The van der Waals surface area contributed by atoms with Gasteiger partial charge in [-0.3, -0.25) is 0 Å². The van der Waals surface area contributed by atoms with Crippen LogP contribution in [0.5, 0.6) is 0 Å². The van der Waals surface area contributed by atoms with Crippen LogP contribution in [-0.4, -0.2) is 0 Å². The Labute approximate surface area is 118 Å². The second kappa shape index (κ2) is 5.72. The molecular formula is C16H17ClFN. The fraction of sp³-hybridized carbons (Fsp3) is 0.250. The molecule has 0 radical (unpaired) electrons. The maximum Gasteiger partial charge on any atom is 0.123 e. The largest absolute Gasteiger partial charge is 0.324 e. The summed E-state index contributed by atoms with van der Waals surface area (Å²) < 4.78 is 13.1. The highest BCUT2D eigenvalue weighted by molar-refractivity contribution is 6.32. The number of benzene rings is 2. The predicted molar refractivity (Wildman–Crippen MR) is 78.0 cm³/mol. The van der Waals surface area contributed by atoms with Crippen molar-refractivity contribution in [3.8, 4) is 0 Å². The minimum Gasteiger partial charge on any atom is -0.324 e. The van der Waals surface area contributed by atoms with Crippen LogP contribution < -0.4 is 5.73 Å². The smallest absolute Gasteiger partial charge is 0.123 e. The second-order valence-corrected chi connectivity index (χ2v) is 5.24. The first-order valence-electron chi connectivity index (χ1n) is 6.24. The minimum atomic E-state index is -0.219. The summed E-state index contributed by atoms with van der Waals surface area (Å²) in [5.41, 5.74) is 10.1. The van der Waals surface area contributed by atoms with Gasteiger partial charge < -0.3 is 5.73 Å². The monoisotopic (exact) mass is 277 g/mol. The summed E-state index contributed by atoms with van der Waals surface area (Å²) in [7, 11) is 0. The molecule has 0 aliphatic carbocycles. The number of halogens is 2. The molecule has 0 bridgehead atoms. The van der Waals surface area contributed by atoms with Crippen LogP contribution in [0.1, 0.15) is 28.3 Å². The summed E-state index contributed by atoms with van der Waals surface area (Å²) in [5.74, 6) is -0.219. The Morgan fingerprint density at radius 3 is 2.58 bits per heavy atom. The molecule has 2 aromatic carbocycles. The highest BCUT2D eigenvalue weighted by Gasteiger charge is 2.13. The van der Waals surface area contributed by atoms with Gasteiger partial charge in [0.1, 0.15) is 5.82 Å². The molecule has 2 N–H and O–H groups in total. The van der Waals surface area contributed by atoms with Crippen molar-refractivity contribution in [2.75, 3.05) is 0 Å². The number of hydrogen-bond acceptors (Lipinski definition) is 1. The van der Waals surface area contributed by atoms with Crippen LogP contribution in [-0.2, 0) is 6.42 Å². The number of aryl methyl sites for hydroxylation is 2. The van der Waals surface area contributed by atoms with Crippen LogP contribution in [0.3, 0.4) is 0 Å². The quantitative estimate of drug-likeness (QED) is 0.887. The van der Waals surface area contributed by atoms with Crippen molar-refractivity contribution in [1.29, 1.82) is 0 Å². The summed E-state index contributed by atoms with van der Waals surface area (Å²) in [4.78, 5) is 0. The first kappa shape index (κ1) is 14.0. The molecule has 1 atom stereocenters. The molecule has 2 rings (SSSR count). The molecular weight excluding hydrogens is 261 g/mol. The van der Waals surface area contributed by atoms with Gasteiger partial charge in [0.15, 0.2) is 0 Å². The molecule has 0 saturated heterocycles. The lowest BCUT2D eigenvalue weighted by molar-refractivity contribution is 0.624. The lowest BCUT2D eigenvalue weighted by atomic mass is 9.96. The minimum absolute atomic E-state index is 0.184. The summed E-state index contributed by atoms with van der Waals surface area (Å²) >= 11 is 6.28. The summed E-state index contributed by atoms with van der Waals surface area (Å²) in [6, 6.07) is 10.5. The Hall–Kier alpha value is -1.38. The van der Waals surface area contributed by atoms with Gasteiger partial charge in [-0.25, -0.2) is 4.39 Å². The van der Waals surface area contributed by atoms with Crippen LogP contribution in [0.2, 0.25) is 5.02 Å². The normalized spacial score (nSPS) is 12.5. The first-order valence-corrected chi connectivity index (χ1v) is 6.62. The molecule has 0 heterocycles. The molecule has 2 aromatic rings. The number of rotatable bonds is 3. The van der Waals surface area contributed by atoms with E-state index in [-0.39, 0.29) is 11.9 Å². The summed E-state index contributed by atoms with van der Waals surface area (Å²) in [6.07, 6.45) is 0.648. The number of hydrogen-bond donors (Lipinski definition) is 1. The Morgan fingerprint density at radius 2 is 1.89 bits per heavy atom. The molecule has 0 aliphatic heterocycles. The summed E-state index contributed by atoms with van der Waals surface area (Å²) in [5, 5.41) is 0.717. The lowest BCUT2D eigenvalue weighted by Gasteiger charge is -2.16. The topological polar surface area (TPSA) is 26.0 Å². The third-order valence-electron chi connectivity index (χ3n) is 3.37. The average Bonchev–Trinajstić information content (AvgIpc) is 2.36. The molecule has 0 amide bonds. The van der Waals surface area contributed by atoms with Crippen molar-refractivity contribution in [2.45, 2.75) is 26.3 Å². The van der Waals surface area contributed by atoms with Crippen LogP contribution in [0.4, 0.5) is 4.39 Å². The molecule has 0 aliphatic rings. The van der Waals surface area contributed by atoms with Gasteiger partial charge in [-0.15, -0.1) is 0 Å². The molecule has 1 unspecified atom stereocenters. The zero-order valence-electron chi connectivity index (χ0n) is 11.1. The zero-order valence-corrected chi connectivity index (χ0v) is 11.8. The third kappa shape index (κ3) is 3.14. The zero-order chi connectivity index (χ0) is 14.0. The predicted octanol–water partition coefficient (Wildman–Crippen LogP) is 4.34. The molecule has 100 valence electrons. The van der Waals surface area contributed by atoms with E-state index in [1.54, 1.807) is 6.07 Å². The van der Waals surface area contributed by atoms with Gasteiger partial charge in [0.2, 0.25) is 0 Å². The highest BCUT2D eigenvalue weighted by atomic mass is 35.5. The van der Waals surface area contributed by atoms with Crippen molar-refractivity contribution in [3.05, 3.63) is 69.5 Å². The maximum absolute atomic E-state index is 13.1. The van der Waals surface area contributed by atoms with Crippen LogP contribution in [0.15, 0.2) is 36.4 Å². The molecule has 0 saturated carbocycles. The average molecular weight is 278 g/mol. The second-order valence-electron chi connectivity index (χ2n) is 4.86. The van der Waals surface area contributed by atoms with Crippen LogP contribution in [0.25, 0.3) is 0 Å². The van der Waals surface area contributed by atoms with Gasteiger partial charge in [0.05, 0.1) is 0 Å². The van der Waals surface area contributed by atoms with Crippen molar-refractivity contribution < 1.29 is 4.39 Å².